The number of hydrogen-bond acceptors (Lipinski definition) is 4. The topological polar surface area (TPSA) is 38.7 Å². The molecule has 0 aromatic heterocycles. The Kier molecular flexibility index (Phi) is 5.71. The van der Waals surface area contributed by atoms with E-state index in [0.29, 0.717) is 6.04 Å². The first kappa shape index (κ1) is 17.5. The zero-order valence-electron chi connectivity index (χ0n) is 15.4. The van der Waals surface area contributed by atoms with Crippen LogP contribution in [0.3, 0.4) is 0 Å². The van der Waals surface area contributed by atoms with Crippen molar-refractivity contribution in [3.63, 3.8) is 0 Å². The van der Waals surface area contributed by atoms with Gasteiger partial charge >= 0.3 is 0 Å². The van der Waals surface area contributed by atoms with Gasteiger partial charge in [-0.3, -0.25) is 4.90 Å². The lowest BCUT2D eigenvalue weighted by Crippen LogP contribution is -2.45. The summed E-state index contributed by atoms with van der Waals surface area (Å²) in [5.74, 6) is 0. The van der Waals surface area contributed by atoms with Crippen LogP contribution in [0.1, 0.15) is 49.7 Å². The van der Waals surface area contributed by atoms with E-state index in [2.05, 4.69) is 39.4 Å². The molecular weight excluding hydrogens is 310 g/mol. The maximum Gasteiger partial charge on any atom is 0.0564 e. The van der Waals surface area contributed by atoms with Gasteiger partial charge in [-0.05, 0) is 62.7 Å². The van der Waals surface area contributed by atoms with Gasteiger partial charge < -0.3 is 15.3 Å². The van der Waals surface area contributed by atoms with Gasteiger partial charge in [-0.1, -0.05) is 24.3 Å². The van der Waals surface area contributed by atoms with Crippen molar-refractivity contribution in [2.75, 3.05) is 26.2 Å². The quantitative estimate of drug-likeness (QED) is 0.861. The van der Waals surface area contributed by atoms with E-state index in [1.165, 1.54) is 49.9 Å². The summed E-state index contributed by atoms with van der Waals surface area (Å²) in [5.41, 5.74) is 2.78. The first-order valence-corrected chi connectivity index (χ1v) is 10.2. The van der Waals surface area contributed by atoms with Gasteiger partial charge in [0.05, 0.1) is 6.10 Å². The summed E-state index contributed by atoms with van der Waals surface area (Å²) in [6.45, 7) is 6.66. The van der Waals surface area contributed by atoms with Crippen molar-refractivity contribution in [3.05, 3.63) is 35.4 Å². The summed E-state index contributed by atoms with van der Waals surface area (Å²) in [5, 5.41) is 13.4. The predicted molar refractivity (Wildman–Crippen MR) is 101 cm³/mol. The van der Waals surface area contributed by atoms with Gasteiger partial charge in [0.2, 0.25) is 0 Å². The predicted octanol–water partition coefficient (Wildman–Crippen LogP) is 2.36. The van der Waals surface area contributed by atoms with Crippen LogP contribution < -0.4 is 5.32 Å². The summed E-state index contributed by atoms with van der Waals surface area (Å²) < 4.78 is 0. The molecule has 25 heavy (non-hydrogen) atoms. The molecule has 0 amide bonds. The number of likely N-dealkylation sites (tertiary alicyclic amines) is 1. The van der Waals surface area contributed by atoms with Crippen LogP contribution in [0, 0.1) is 0 Å². The second-order valence-electron chi connectivity index (χ2n) is 8.26. The number of aliphatic hydroxyl groups is 1. The van der Waals surface area contributed by atoms with Crippen LogP contribution in [0.25, 0.3) is 0 Å². The molecule has 4 heteroatoms. The highest BCUT2D eigenvalue weighted by Gasteiger charge is 2.31. The van der Waals surface area contributed by atoms with Crippen LogP contribution in [0.2, 0.25) is 0 Å². The zero-order chi connectivity index (χ0) is 17.1. The molecule has 0 saturated carbocycles. The molecule has 4 nitrogen and oxygen atoms in total. The smallest absolute Gasteiger partial charge is 0.0564 e. The largest absolute Gasteiger partial charge is 0.393 e. The van der Waals surface area contributed by atoms with Crippen molar-refractivity contribution in [3.8, 4) is 0 Å². The standard InChI is InChI=1S/C21H33N3O/c25-21-8-11-23(12-9-21)16-18-5-3-17(4-6-18)15-22-19-7-13-24-10-1-2-20(24)14-19/h3-6,19-22,25H,1-2,7-16H2/t19-,20+/m1/s1. The molecule has 0 spiro atoms. The molecule has 0 aliphatic carbocycles. The molecule has 138 valence electrons. The van der Waals surface area contributed by atoms with Crippen molar-refractivity contribution in [2.24, 2.45) is 0 Å². The lowest BCUT2D eigenvalue weighted by molar-refractivity contribution is 0.0792. The average Bonchev–Trinajstić information content (AvgIpc) is 3.11. The number of fused-ring (bicyclic) bond motifs is 1. The van der Waals surface area contributed by atoms with Crippen LogP contribution in [0.15, 0.2) is 24.3 Å². The number of piperidine rings is 2. The lowest BCUT2D eigenvalue weighted by atomic mass is 9.97. The summed E-state index contributed by atoms with van der Waals surface area (Å²) in [4.78, 5) is 5.14. The minimum atomic E-state index is -0.0826. The molecule has 0 bridgehead atoms. The zero-order valence-corrected chi connectivity index (χ0v) is 15.4. The van der Waals surface area contributed by atoms with E-state index in [-0.39, 0.29) is 6.10 Å². The molecular formula is C21H33N3O. The number of rotatable bonds is 5. The molecule has 3 saturated heterocycles. The average molecular weight is 344 g/mol. The maximum absolute atomic E-state index is 9.61. The maximum atomic E-state index is 9.61. The van der Waals surface area contributed by atoms with Crippen molar-refractivity contribution >= 4 is 0 Å². The Morgan fingerprint density at radius 3 is 2.48 bits per heavy atom. The van der Waals surface area contributed by atoms with Crippen LogP contribution in [0.4, 0.5) is 0 Å². The van der Waals surface area contributed by atoms with Crippen LogP contribution in [-0.4, -0.2) is 59.3 Å². The van der Waals surface area contributed by atoms with Gasteiger partial charge in [-0.2, -0.15) is 0 Å². The van der Waals surface area contributed by atoms with Crippen molar-refractivity contribution < 1.29 is 5.11 Å². The number of nitrogens with zero attached hydrogens (tertiary/aromatic N) is 2. The number of nitrogens with one attached hydrogen (secondary N) is 1. The minimum Gasteiger partial charge on any atom is -0.393 e. The number of hydrogen-bond donors (Lipinski definition) is 2. The minimum absolute atomic E-state index is 0.0826. The van der Waals surface area contributed by atoms with Crippen LogP contribution in [-0.2, 0) is 13.1 Å². The van der Waals surface area contributed by atoms with E-state index in [9.17, 15) is 5.11 Å². The monoisotopic (exact) mass is 343 g/mol. The molecule has 1 aromatic rings. The molecule has 2 atom stereocenters. The Bertz CT molecular complexity index is 539. The molecule has 4 rings (SSSR count). The highest BCUT2D eigenvalue weighted by atomic mass is 16.3. The SMILES string of the molecule is OC1CCN(Cc2ccc(CN[C@@H]3CCN4CCC[C@H]4C3)cc2)CC1. The molecule has 1 aromatic carbocycles. The molecule has 2 N–H and O–H groups in total. The molecule has 3 aliphatic rings. The Labute approximate surface area is 152 Å². The molecule has 0 unspecified atom stereocenters. The van der Waals surface area contributed by atoms with E-state index in [0.717, 1.165) is 45.1 Å². The fourth-order valence-electron chi connectivity index (χ4n) is 4.77. The second-order valence-corrected chi connectivity index (χ2v) is 8.26. The first-order chi connectivity index (χ1) is 12.3. The number of aliphatic hydroxyl groups excluding tert-OH is 1. The molecule has 3 heterocycles. The van der Waals surface area contributed by atoms with Crippen molar-refractivity contribution in [1.29, 1.82) is 0 Å². The summed E-state index contributed by atoms with van der Waals surface area (Å²) >= 11 is 0. The van der Waals surface area contributed by atoms with E-state index in [1.54, 1.807) is 0 Å². The molecule has 3 fully saturated rings. The van der Waals surface area contributed by atoms with E-state index >= 15 is 0 Å². The van der Waals surface area contributed by atoms with E-state index in [1.807, 2.05) is 0 Å². The van der Waals surface area contributed by atoms with Gasteiger partial charge in [0.25, 0.3) is 0 Å². The highest BCUT2D eigenvalue weighted by Crippen LogP contribution is 2.27. The Morgan fingerprint density at radius 2 is 1.68 bits per heavy atom. The Hall–Kier alpha value is -0.940. The van der Waals surface area contributed by atoms with Crippen LogP contribution in [0.5, 0.6) is 0 Å². The normalized spacial score (nSPS) is 29.0. The second kappa shape index (κ2) is 8.17. The highest BCUT2D eigenvalue weighted by molar-refractivity contribution is 5.22. The number of benzene rings is 1. The van der Waals surface area contributed by atoms with Gasteiger partial charge in [0.15, 0.2) is 0 Å². The van der Waals surface area contributed by atoms with Gasteiger partial charge in [0, 0.05) is 38.3 Å². The van der Waals surface area contributed by atoms with Gasteiger partial charge in [0.1, 0.15) is 0 Å². The molecule has 0 radical (unpaired) electrons. The van der Waals surface area contributed by atoms with E-state index in [4.69, 9.17) is 0 Å². The fraction of sp³-hybridized carbons (Fsp3) is 0.714. The van der Waals surface area contributed by atoms with Crippen molar-refractivity contribution in [1.82, 2.24) is 15.1 Å². The summed E-state index contributed by atoms with van der Waals surface area (Å²) in [7, 11) is 0. The van der Waals surface area contributed by atoms with Crippen LogP contribution >= 0.6 is 0 Å². The van der Waals surface area contributed by atoms with Gasteiger partial charge in [-0.25, -0.2) is 0 Å². The first-order valence-electron chi connectivity index (χ1n) is 10.2. The lowest BCUT2D eigenvalue weighted by Gasteiger charge is -2.35. The fourth-order valence-corrected chi connectivity index (χ4v) is 4.77. The summed E-state index contributed by atoms with van der Waals surface area (Å²) in [6, 6.07) is 10.7. The third-order valence-electron chi connectivity index (χ3n) is 6.40. The van der Waals surface area contributed by atoms with Gasteiger partial charge in [-0.15, -0.1) is 0 Å². The van der Waals surface area contributed by atoms with E-state index < -0.39 is 0 Å². The third-order valence-corrected chi connectivity index (χ3v) is 6.40. The molecule has 3 aliphatic heterocycles. The Morgan fingerprint density at radius 1 is 0.920 bits per heavy atom. The summed E-state index contributed by atoms with van der Waals surface area (Å²) in [6.07, 6.45) is 7.19. The van der Waals surface area contributed by atoms with Crippen molar-refractivity contribution in [2.45, 2.75) is 69.8 Å². The third kappa shape index (κ3) is 4.62. The Balaban J connectivity index is 1.22.